The fourth-order valence-corrected chi connectivity index (χ4v) is 3.24. The van der Waals surface area contributed by atoms with Crippen LogP contribution >= 0.6 is 0 Å². The number of esters is 1. The molecule has 2 aromatic rings. The first-order valence-electron chi connectivity index (χ1n) is 8.75. The van der Waals surface area contributed by atoms with Gasteiger partial charge in [0.05, 0.1) is 5.69 Å². The van der Waals surface area contributed by atoms with E-state index in [1.807, 2.05) is 0 Å². The van der Waals surface area contributed by atoms with Gasteiger partial charge in [0, 0.05) is 18.7 Å². The van der Waals surface area contributed by atoms with Crippen LogP contribution in [-0.2, 0) is 14.4 Å². The number of para-hydroxylation sites is 2. The van der Waals surface area contributed by atoms with Crippen LogP contribution in [0.2, 0.25) is 0 Å². The third-order valence-corrected chi connectivity index (χ3v) is 4.55. The Kier molecular flexibility index (Phi) is 4.50. The Morgan fingerprint density at radius 3 is 2.56 bits per heavy atom. The van der Waals surface area contributed by atoms with Gasteiger partial charge in [0.2, 0.25) is 5.91 Å². The molecule has 1 fully saturated rings. The summed E-state index contributed by atoms with van der Waals surface area (Å²) in [5, 5.41) is 0. The van der Waals surface area contributed by atoms with Crippen molar-refractivity contribution in [1.82, 2.24) is 0 Å². The van der Waals surface area contributed by atoms with E-state index in [0.29, 0.717) is 30.2 Å². The molecular weight excluding hydrogens is 348 g/mol. The summed E-state index contributed by atoms with van der Waals surface area (Å²) in [6.07, 6.45) is 1.41. The molecule has 4 rings (SSSR count). The van der Waals surface area contributed by atoms with E-state index in [2.05, 4.69) is 0 Å². The van der Waals surface area contributed by atoms with E-state index in [-0.39, 0.29) is 25.0 Å². The van der Waals surface area contributed by atoms with Crippen LogP contribution in [0, 0.1) is 0 Å². The van der Waals surface area contributed by atoms with Crippen molar-refractivity contribution in [2.45, 2.75) is 12.8 Å². The summed E-state index contributed by atoms with van der Waals surface area (Å²) in [6, 6.07) is 13.8. The second-order valence-corrected chi connectivity index (χ2v) is 6.35. The Bertz CT molecular complexity index is 894. The number of hydrogen-bond donors (Lipinski definition) is 0. The van der Waals surface area contributed by atoms with Gasteiger partial charge in [-0.3, -0.25) is 14.5 Å². The van der Waals surface area contributed by atoms with Crippen molar-refractivity contribution in [3.05, 3.63) is 48.5 Å². The molecule has 2 heterocycles. The van der Waals surface area contributed by atoms with Gasteiger partial charge >= 0.3 is 5.97 Å². The molecule has 2 aromatic carbocycles. The second kappa shape index (κ2) is 7.11. The van der Waals surface area contributed by atoms with Crippen LogP contribution in [0.25, 0.3) is 0 Å². The lowest BCUT2D eigenvalue weighted by molar-refractivity contribution is -0.134. The molecule has 0 atom stereocenters. The fourth-order valence-electron chi connectivity index (χ4n) is 3.24. The standard InChI is InChI=1S/C20H18N2O5/c23-18-6-3-11-21(18)14-7-9-15(10-8-14)27-20(25)12-22-16-4-1-2-5-17(16)26-13-19(22)24/h1-2,4-5,7-10H,3,6,11-13H2. The quantitative estimate of drug-likeness (QED) is 0.612. The molecular formula is C20H18N2O5. The van der Waals surface area contributed by atoms with Crippen LogP contribution in [-0.4, -0.2) is 37.5 Å². The van der Waals surface area contributed by atoms with Crippen LogP contribution in [0.5, 0.6) is 11.5 Å². The predicted molar refractivity (Wildman–Crippen MR) is 98.0 cm³/mol. The smallest absolute Gasteiger partial charge is 0.331 e. The number of ether oxygens (including phenoxy) is 2. The van der Waals surface area contributed by atoms with Gasteiger partial charge in [-0.05, 0) is 42.8 Å². The summed E-state index contributed by atoms with van der Waals surface area (Å²) >= 11 is 0. The van der Waals surface area contributed by atoms with Crippen molar-refractivity contribution in [3.8, 4) is 11.5 Å². The minimum absolute atomic E-state index is 0.101. The zero-order chi connectivity index (χ0) is 18.8. The van der Waals surface area contributed by atoms with E-state index in [9.17, 15) is 14.4 Å². The highest BCUT2D eigenvalue weighted by atomic mass is 16.5. The van der Waals surface area contributed by atoms with Gasteiger partial charge in [-0.25, -0.2) is 4.79 Å². The van der Waals surface area contributed by atoms with Crippen molar-refractivity contribution in [2.75, 3.05) is 29.5 Å². The number of anilines is 2. The Labute approximate surface area is 156 Å². The predicted octanol–water partition coefficient (Wildman–Crippen LogP) is 2.14. The maximum Gasteiger partial charge on any atom is 0.331 e. The van der Waals surface area contributed by atoms with Crippen LogP contribution in [0.3, 0.4) is 0 Å². The topological polar surface area (TPSA) is 76.2 Å². The molecule has 2 amide bonds. The number of nitrogens with zero attached hydrogens (tertiary/aromatic N) is 2. The molecule has 27 heavy (non-hydrogen) atoms. The van der Waals surface area contributed by atoms with Crippen LogP contribution in [0.4, 0.5) is 11.4 Å². The van der Waals surface area contributed by atoms with E-state index in [0.717, 1.165) is 12.1 Å². The van der Waals surface area contributed by atoms with E-state index in [1.165, 1.54) is 4.90 Å². The van der Waals surface area contributed by atoms with Crippen molar-refractivity contribution in [3.63, 3.8) is 0 Å². The first-order chi connectivity index (χ1) is 13.1. The molecule has 7 heteroatoms. The average Bonchev–Trinajstić information content (AvgIpc) is 3.11. The largest absolute Gasteiger partial charge is 0.482 e. The first kappa shape index (κ1) is 17.1. The summed E-state index contributed by atoms with van der Waals surface area (Å²) in [5.74, 6) is 0.178. The molecule has 0 aliphatic carbocycles. The SMILES string of the molecule is O=C(CN1C(=O)COc2ccccc21)Oc1ccc(N2CCCC2=O)cc1. The number of fused-ring (bicyclic) bond motifs is 1. The maximum absolute atomic E-state index is 12.3. The number of benzene rings is 2. The van der Waals surface area contributed by atoms with Crippen LogP contribution in [0.15, 0.2) is 48.5 Å². The molecule has 0 bridgehead atoms. The number of hydrogen-bond acceptors (Lipinski definition) is 5. The highest BCUT2D eigenvalue weighted by Gasteiger charge is 2.27. The Balaban J connectivity index is 1.42. The van der Waals surface area contributed by atoms with Crippen molar-refractivity contribution < 1.29 is 23.9 Å². The monoisotopic (exact) mass is 366 g/mol. The lowest BCUT2D eigenvalue weighted by atomic mass is 10.2. The number of rotatable bonds is 4. The van der Waals surface area contributed by atoms with Crippen LogP contribution in [0.1, 0.15) is 12.8 Å². The number of amides is 2. The third kappa shape index (κ3) is 3.48. The van der Waals surface area contributed by atoms with E-state index >= 15 is 0 Å². The molecule has 0 radical (unpaired) electrons. The van der Waals surface area contributed by atoms with Crippen molar-refractivity contribution in [1.29, 1.82) is 0 Å². The molecule has 0 aromatic heterocycles. The molecule has 2 aliphatic rings. The van der Waals surface area contributed by atoms with Crippen LogP contribution < -0.4 is 19.3 Å². The van der Waals surface area contributed by atoms with Gasteiger partial charge in [0.25, 0.3) is 5.91 Å². The Morgan fingerprint density at radius 2 is 1.81 bits per heavy atom. The highest BCUT2D eigenvalue weighted by molar-refractivity contribution is 6.01. The van der Waals surface area contributed by atoms with E-state index in [1.54, 1.807) is 53.4 Å². The molecule has 138 valence electrons. The molecule has 0 saturated carbocycles. The number of carbonyl (C=O) groups excluding carboxylic acids is 3. The molecule has 0 N–H and O–H groups in total. The third-order valence-electron chi connectivity index (χ3n) is 4.55. The number of carbonyl (C=O) groups is 3. The molecule has 0 spiro atoms. The maximum atomic E-state index is 12.3. The first-order valence-corrected chi connectivity index (χ1v) is 8.75. The lowest BCUT2D eigenvalue weighted by Crippen LogP contribution is -2.43. The minimum Gasteiger partial charge on any atom is -0.482 e. The van der Waals surface area contributed by atoms with Gasteiger partial charge in [0.1, 0.15) is 18.0 Å². The summed E-state index contributed by atoms with van der Waals surface area (Å²) in [5.41, 5.74) is 1.34. The Hall–Kier alpha value is -3.35. The molecule has 0 unspecified atom stereocenters. The van der Waals surface area contributed by atoms with Gasteiger partial charge in [-0.15, -0.1) is 0 Å². The Morgan fingerprint density at radius 1 is 1.04 bits per heavy atom. The zero-order valence-corrected chi connectivity index (χ0v) is 14.6. The highest BCUT2D eigenvalue weighted by Crippen LogP contribution is 2.31. The van der Waals surface area contributed by atoms with E-state index < -0.39 is 5.97 Å². The van der Waals surface area contributed by atoms with Gasteiger partial charge in [-0.1, -0.05) is 12.1 Å². The summed E-state index contributed by atoms with van der Waals surface area (Å²) in [7, 11) is 0. The molecule has 2 aliphatic heterocycles. The summed E-state index contributed by atoms with van der Waals surface area (Å²) < 4.78 is 10.7. The lowest BCUT2D eigenvalue weighted by Gasteiger charge is -2.28. The van der Waals surface area contributed by atoms with Crippen molar-refractivity contribution >= 4 is 29.2 Å². The second-order valence-electron chi connectivity index (χ2n) is 6.35. The summed E-state index contributed by atoms with van der Waals surface area (Å²) in [4.78, 5) is 39.3. The van der Waals surface area contributed by atoms with Gasteiger partial charge < -0.3 is 14.4 Å². The average molecular weight is 366 g/mol. The zero-order valence-electron chi connectivity index (χ0n) is 14.6. The van der Waals surface area contributed by atoms with E-state index in [4.69, 9.17) is 9.47 Å². The molecule has 1 saturated heterocycles. The normalized spacial score (nSPS) is 16.1. The summed E-state index contributed by atoms with van der Waals surface area (Å²) in [6.45, 7) is 0.394. The van der Waals surface area contributed by atoms with Crippen molar-refractivity contribution in [2.24, 2.45) is 0 Å². The van der Waals surface area contributed by atoms with Gasteiger partial charge in [-0.2, -0.15) is 0 Å². The van der Waals surface area contributed by atoms with Gasteiger partial charge in [0.15, 0.2) is 6.61 Å². The fraction of sp³-hybridized carbons (Fsp3) is 0.250. The molecule has 7 nitrogen and oxygen atoms in total. The minimum atomic E-state index is -0.551.